The van der Waals surface area contributed by atoms with E-state index in [0.717, 1.165) is 16.7 Å². The van der Waals surface area contributed by atoms with Crippen LogP contribution in [-0.4, -0.2) is 20.9 Å². The molecule has 0 aliphatic carbocycles. The highest BCUT2D eigenvalue weighted by molar-refractivity contribution is 6.05. The smallest absolute Gasteiger partial charge is 0.273 e. The summed E-state index contributed by atoms with van der Waals surface area (Å²) in [6, 6.07) is 10.9. The van der Waals surface area contributed by atoms with Gasteiger partial charge in [0.05, 0.1) is 11.0 Å². The van der Waals surface area contributed by atoms with Crippen LogP contribution in [0.4, 0.5) is 5.82 Å². The molecule has 0 aromatic carbocycles. The lowest BCUT2D eigenvalue weighted by Crippen LogP contribution is -2.13. The molecule has 0 aliphatic heterocycles. The van der Waals surface area contributed by atoms with Crippen LogP contribution in [-0.2, 0) is 0 Å². The molecule has 19 heavy (non-hydrogen) atoms. The maximum absolute atomic E-state index is 12.1. The van der Waals surface area contributed by atoms with E-state index >= 15 is 0 Å². The zero-order chi connectivity index (χ0) is 13.2. The Kier molecular flexibility index (Phi) is 2.72. The van der Waals surface area contributed by atoms with E-state index in [4.69, 9.17) is 0 Å². The number of fused-ring (bicyclic) bond motifs is 1. The number of aromatic nitrogens is 3. The minimum absolute atomic E-state index is 0.226. The van der Waals surface area contributed by atoms with Crippen molar-refractivity contribution in [1.82, 2.24) is 15.0 Å². The van der Waals surface area contributed by atoms with Gasteiger partial charge >= 0.3 is 0 Å². The predicted octanol–water partition coefficient (Wildman–Crippen LogP) is 2.52. The summed E-state index contributed by atoms with van der Waals surface area (Å²) in [4.78, 5) is 23.5. The lowest BCUT2D eigenvalue weighted by molar-refractivity contribution is 0.102. The van der Waals surface area contributed by atoms with Crippen LogP contribution in [0.15, 0.2) is 42.6 Å². The van der Waals surface area contributed by atoms with E-state index in [1.54, 1.807) is 18.3 Å². The van der Waals surface area contributed by atoms with Crippen molar-refractivity contribution in [2.45, 2.75) is 6.92 Å². The molecule has 5 nitrogen and oxygen atoms in total. The minimum atomic E-state index is -0.226. The Labute approximate surface area is 109 Å². The Bertz CT molecular complexity index is 715. The summed E-state index contributed by atoms with van der Waals surface area (Å²) >= 11 is 0. The molecule has 3 heterocycles. The molecule has 3 aromatic rings. The summed E-state index contributed by atoms with van der Waals surface area (Å²) in [5.41, 5.74) is 2.93. The van der Waals surface area contributed by atoms with Gasteiger partial charge in [0.25, 0.3) is 5.91 Å². The van der Waals surface area contributed by atoms with Gasteiger partial charge < -0.3 is 10.3 Å². The second-order valence-corrected chi connectivity index (χ2v) is 4.24. The van der Waals surface area contributed by atoms with Gasteiger partial charge in [-0.25, -0.2) is 4.98 Å². The van der Waals surface area contributed by atoms with Crippen molar-refractivity contribution < 1.29 is 4.79 Å². The van der Waals surface area contributed by atoms with Crippen molar-refractivity contribution >= 4 is 22.8 Å². The maximum Gasteiger partial charge on any atom is 0.273 e. The first kappa shape index (κ1) is 11.4. The Morgan fingerprint density at radius 3 is 2.95 bits per heavy atom. The number of hydrogen-bond acceptors (Lipinski definition) is 3. The van der Waals surface area contributed by atoms with Crippen LogP contribution < -0.4 is 5.32 Å². The SMILES string of the molecule is Cc1cccc(NC(=O)c2cc3ncccc3[nH]2)n1. The molecule has 0 radical (unpaired) electrons. The minimum Gasteiger partial charge on any atom is -0.349 e. The second kappa shape index (κ2) is 4.53. The number of carbonyl (C=O) groups is 1. The average molecular weight is 252 g/mol. The van der Waals surface area contributed by atoms with Crippen molar-refractivity contribution in [1.29, 1.82) is 0 Å². The van der Waals surface area contributed by atoms with Crippen molar-refractivity contribution in [3.8, 4) is 0 Å². The molecule has 1 amide bonds. The standard InChI is InChI=1S/C14H12N4O/c1-9-4-2-6-13(16-9)18-14(19)12-8-11-10(17-12)5-3-7-15-11/h2-8,17H,1H3,(H,16,18,19). The molecule has 0 atom stereocenters. The van der Waals surface area contributed by atoms with Crippen molar-refractivity contribution in [3.05, 3.63) is 54.0 Å². The number of amides is 1. The number of rotatable bonds is 2. The summed E-state index contributed by atoms with van der Waals surface area (Å²) in [6.45, 7) is 1.88. The molecule has 94 valence electrons. The van der Waals surface area contributed by atoms with E-state index in [1.807, 2.05) is 31.2 Å². The van der Waals surface area contributed by atoms with Gasteiger partial charge in [0, 0.05) is 11.9 Å². The van der Waals surface area contributed by atoms with Gasteiger partial charge in [-0.15, -0.1) is 0 Å². The maximum atomic E-state index is 12.1. The molecule has 3 aromatic heterocycles. The molecular weight excluding hydrogens is 240 g/mol. The first-order valence-corrected chi connectivity index (χ1v) is 5.91. The van der Waals surface area contributed by atoms with Crippen LogP contribution in [0.25, 0.3) is 11.0 Å². The van der Waals surface area contributed by atoms with Crippen LogP contribution in [0.5, 0.6) is 0 Å². The lowest BCUT2D eigenvalue weighted by Gasteiger charge is -2.03. The van der Waals surface area contributed by atoms with Gasteiger partial charge in [0.1, 0.15) is 11.5 Å². The Morgan fingerprint density at radius 2 is 2.16 bits per heavy atom. The zero-order valence-electron chi connectivity index (χ0n) is 10.3. The average Bonchev–Trinajstić information content (AvgIpc) is 2.82. The number of pyridine rings is 2. The van der Waals surface area contributed by atoms with Crippen LogP contribution >= 0.6 is 0 Å². The third-order valence-electron chi connectivity index (χ3n) is 2.76. The highest BCUT2D eigenvalue weighted by Crippen LogP contribution is 2.13. The normalized spacial score (nSPS) is 10.6. The topological polar surface area (TPSA) is 70.7 Å². The highest BCUT2D eigenvalue weighted by atomic mass is 16.1. The van der Waals surface area contributed by atoms with Gasteiger partial charge in [0.15, 0.2) is 0 Å². The first-order valence-electron chi connectivity index (χ1n) is 5.91. The summed E-state index contributed by atoms with van der Waals surface area (Å²) < 4.78 is 0. The molecule has 3 rings (SSSR count). The number of aromatic amines is 1. The van der Waals surface area contributed by atoms with Crippen molar-refractivity contribution in [2.24, 2.45) is 0 Å². The van der Waals surface area contributed by atoms with E-state index < -0.39 is 0 Å². The molecule has 0 unspecified atom stereocenters. The van der Waals surface area contributed by atoms with E-state index in [2.05, 4.69) is 20.3 Å². The number of hydrogen-bond donors (Lipinski definition) is 2. The third-order valence-corrected chi connectivity index (χ3v) is 2.76. The van der Waals surface area contributed by atoms with Crippen molar-refractivity contribution in [2.75, 3.05) is 5.32 Å². The summed E-state index contributed by atoms with van der Waals surface area (Å²) in [6.07, 6.45) is 1.69. The molecule has 2 N–H and O–H groups in total. The molecule has 0 saturated carbocycles. The molecule has 0 saturated heterocycles. The fourth-order valence-corrected chi connectivity index (χ4v) is 1.87. The molecule has 0 spiro atoms. The van der Waals surface area contributed by atoms with E-state index in [-0.39, 0.29) is 5.91 Å². The highest BCUT2D eigenvalue weighted by Gasteiger charge is 2.10. The third kappa shape index (κ3) is 2.30. The molecule has 0 fully saturated rings. The quantitative estimate of drug-likeness (QED) is 0.736. The second-order valence-electron chi connectivity index (χ2n) is 4.24. The molecule has 0 bridgehead atoms. The summed E-state index contributed by atoms with van der Waals surface area (Å²) in [5.74, 6) is 0.313. The Hall–Kier alpha value is -2.69. The van der Waals surface area contributed by atoms with Gasteiger partial charge in [-0.1, -0.05) is 6.07 Å². The summed E-state index contributed by atoms with van der Waals surface area (Å²) in [7, 11) is 0. The van der Waals surface area contributed by atoms with Crippen LogP contribution in [0.3, 0.4) is 0 Å². The van der Waals surface area contributed by atoms with E-state index in [0.29, 0.717) is 11.5 Å². The van der Waals surface area contributed by atoms with Gasteiger partial charge in [-0.2, -0.15) is 0 Å². The van der Waals surface area contributed by atoms with Gasteiger partial charge in [-0.3, -0.25) is 9.78 Å². The van der Waals surface area contributed by atoms with Crippen LogP contribution in [0.1, 0.15) is 16.2 Å². The number of nitrogens with one attached hydrogen (secondary N) is 2. The number of nitrogens with zero attached hydrogens (tertiary/aromatic N) is 2. The molecule has 5 heteroatoms. The largest absolute Gasteiger partial charge is 0.349 e. The van der Waals surface area contributed by atoms with Crippen LogP contribution in [0.2, 0.25) is 0 Å². The number of H-pyrrole nitrogens is 1. The Balaban J connectivity index is 1.87. The lowest BCUT2D eigenvalue weighted by atomic mass is 10.3. The van der Waals surface area contributed by atoms with Crippen LogP contribution in [0, 0.1) is 6.92 Å². The monoisotopic (exact) mass is 252 g/mol. The molecule has 0 aliphatic rings. The fraction of sp³-hybridized carbons (Fsp3) is 0.0714. The fourth-order valence-electron chi connectivity index (χ4n) is 1.87. The number of anilines is 1. The van der Waals surface area contributed by atoms with Gasteiger partial charge in [0.2, 0.25) is 0 Å². The number of carbonyl (C=O) groups excluding carboxylic acids is 1. The van der Waals surface area contributed by atoms with E-state index in [1.165, 1.54) is 0 Å². The number of aryl methyl sites for hydroxylation is 1. The Morgan fingerprint density at radius 1 is 1.26 bits per heavy atom. The van der Waals surface area contributed by atoms with E-state index in [9.17, 15) is 4.79 Å². The molecular formula is C14H12N4O. The first-order chi connectivity index (χ1) is 9.22. The van der Waals surface area contributed by atoms with Gasteiger partial charge in [-0.05, 0) is 37.3 Å². The zero-order valence-corrected chi connectivity index (χ0v) is 10.3. The predicted molar refractivity (Wildman–Crippen MR) is 73.0 cm³/mol. The summed E-state index contributed by atoms with van der Waals surface area (Å²) in [5, 5.41) is 2.75. The van der Waals surface area contributed by atoms with Crippen molar-refractivity contribution in [3.63, 3.8) is 0 Å².